The number of carboxylic acid groups (broad SMARTS) is 1. The van der Waals surface area contributed by atoms with E-state index in [1.165, 1.54) is 0 Å². The van der Waals surface area contributed by atoms with Gasteiger partial charge in [-0.1, -0.05) is 0 Å². The van der Waals surface area contributed by atoms with Gasteiger partial charge in [0.05, 0.1) is 6.54 Å². The van der Waals surface area contributed by atoms with Crippen LogP contribution in [0.2, 0.25) is 0 Å². The number of nitrogens with one attached hydrogen (secondary N) is 1. The van der Waals surface area contributed by atoms with Gasteiger partial charge < -0.3 is 10.4 Å². The smallest absolute Gasteiger partial charge is 0.317 e. The fourth-order valence-electron chi connectivity index (χ4n) is 2.87. The predicted octanol–water partition coefficient (Wildman–Crippen LogP) is -0.287. The van der Waals surface area contributed by atoms with Crippen LogP contribution in [0.25, 0.3) is 0 Å². The Morgan fingerprint density at radius 2 is 1.80 bits per heavy atom. The zero-order valence-electron chi connectivity index (χ0n) is 11.6. The summed E-state index contributed by atoms with van der Waals surface area (Å²) < 4.78 is 28.0. The van der Waals surface area contributed by atoms with Gasteiger partial charge in [0.2, 0.25) is 0 Å². The van der Waals surface area contributed by atoms with Gasteiger partial charge in [-0.15, -0.1) is 0 Å². The summed E-state index contributed by atoms with van der Waals surface area (Å²) in [6.45, 7) is 2.80. The van der Waals surface area contributed by atoms with Gasteiger partial charge in [-0.25, -0.2) is 0 Å². The second-order valence-corrected chi connectivity index (χ2v) is 7.43. The quantitative estimate of drug-likeness (QED) is 0.704. The molecule has 2 rings (SSSR count). The van der Waals surface area contributed by atoms with E-state index in [2.05, 4.69) is 5.32 Å². The van der Waals surface area contributed by atoms with E-state index in [0.29, 0.717) is 32.7 Å². The van der Waals surface area contributed by atoms with Crippen molar-refractivity contribution in [3.63, 3.8) is 0 Å². The molecule has 0 spiro atoms. The summed E-state index contributed by atoms with van der Waals surface area (Å²) in [5.74, 6) is -0.692. The Balaban J connectivity index is 1.87. The van der Waals surface area contributed by atoms with E-state index >= 15 is 0 Å². The minimum absolute atomic E-state index is 0.0740. The normalized spacial score (nSPS) is 25.9. The van der Waals surface area contributed by atoms with E-state index in [4.69, 9.17) is 5.11 Å². The van der Waals surface area contributed by atoms with Crippen molar-refractivity contribution in [3.05, 3.63) is 0 Å². The Labute approximate surface area is 120 Å². The van der Waals surface area contributed by atoms with Gasteiger partial charge in [-0.3, -0.25) is 4.79 Å². The highest BCUT2D eigenvalue weighted by Crippen LogP contribution is 2.23. The average Bonchev–Trinajstić information content (AvgIpc) is 2.93. The minimum Gasteiger partial charge on any atom is -0.480 e. The average molecular weight is 305 g/mol. The summed E-state index contributed by atoms with van der Waals surface area (Å²) in [5, 5.41) is 11.5. The van der Waals surface area contributed by atoms with Crippen LogP contribution in [0.3, 0.4) is 0 Å². The van der Waals surface area contributed by atoms with Gasteiger partial charge in [0, 0.05) is 26.2 Å². The SMILES string of the molecule is O=C(O)CNCC1CCCN(S(=O)(=O)N2CCCC2)C1. The molecule has 0 aliphatic carbocycles. The molecule has 0 aromatic rings. The lowest BCUT2D eigenvalue weighted by Crippen LogP contribution is -2.48. The molecule has 2 fully saturated rings. The Hall–Kier alpha value is -0.700. The molecule has 0 amide bonds. The third-order valence-electron chi connectivity index (χ3n) is 3.91. The van der Waals surface area contributed by atoms with Crippen LogP contribution in [0.4, 0.5) is 0 Å². The van der Waals surface area contributed by atoms with Gasteiger partial charge in [-0.05, 0) is 38.1 Å². The first-order chi connectivity index (χ1) is 9.50. The Morgan fingerprint density at radius 1 is 1.15 bits per heavy atom. The standard InChI is InChI=1S/C12H23N3O4S/c16-12(17)9-13-8-11-4-3-7-15(10-11)20(18,19)14-5-1-2-6-14/h11,13H,1-10H2,(H,16,17). The van der Waals surface area contributed by atoms with E-state index < -0.39 is 16.2 Å². The number of nitrogens with zero attached hydrogens (tertiary/aromatic N) is 2. The monoisotopic (exact) mass is 305 g/mol. The number of carboxylic acids is 1. The molecule has 1 atom stereocenters. The molecule has 1 unspecified atom stereocenters. The molecule has 0 radical (unpaired) electrons. The highest BCUT2D eigenvalue weighted by atomic mass is 32.2. The molecule has 7 nitrogen and oxygen atoms in total. The number of hydrogen-bond donors (Lipinski definition) is 2. The molecule has 2 N–H and O–H groups in total. The van der Waals surface area contributed by atoms with E-state index in [9.17, 15) is 13.2 Å². The molecule has 0 aromatic heterocycles. The van der Waals surface area contributed by atoms with Crippen molar-refractivity contribution in [1.82, 2.24) is 13.9 Å². The summed E-state index contributed by atoms with van der Waals surface area (Å²) in [4.78, 5) is 10.5. The summed E-state index contributed by atoms with van der Waals surface area (Å²) in [5.41, 5.74) is 0. The molecule has 0 saturated carbocycles. The Kier molecular flexibility index (Phi) is 5.36. The largest absolute Gasteiger partial charge is 0.480 e. The summed E-state index contributed by atoms with van der Waals surface area (Å²) in [6, 6.07) is 0. The zero-order chi connectivity index (χ0) is 14.6. The van der Waals surface area contributed by atoms with Crippen LogP contribution in [0, 0.1) is 5.92 Å². The maximum absolute atomic E-state index is 12.5. The number of piperidine rings is 1. The van der Waals surface area contributed by atoms with Crippen molar-refractivity contribution in [2.75, 3.05) is 39.3 Å². The lowest BCUT2D eigenvalue weighted by molar-refractivity contribution is -0.136. The van der Waals surface area contributed by atoms with Gasteiger partial charge in [0.1, 0.15) is 0 Å². The number of carbonyl (C=O) groups is 1. The van der Waals surface area contributed by atoms with E-state index in [1.807, 2.05) is 0 Å². The van der Waals surface area contributed by atoms with Crippen molar-refractivity contribution >= 4 is 16.2 Å². The third kappa shape index (κ3) is 3.91. The van der Waals surface area contributed by atoms with Crippen molar-refractivity contribution in [2.24, 2.45) is 5.92 Å². The number of rotatable bonds is 6. The topological polar surface area (TPSA) is 90.0 Å². The van der Waals surface area contributed by atoms with E-state index in [1.54, 1.807) is 8.61 Å². The first-order valence-corrected chi connectivity index (χ1v) is 8.57. The van der Waals surface area contributed by atoms with Gasteiger partial charge in [-0.2, -0.15) is 17.0 Å². The maximum Gasteiger partial charge on any atom is 0.317 e. The first-order valence-electron chi connectivity index (χ1n) is 7.18. The molecule has 2 heterocycles. The molecule has 8 heteroatoms. The fourth-order valence-corrected chi connectivity index (χ4v) is 4.67. The minimum atomic E-state index is -3.31. The molecule has 2 aliphatic heterocycles. The van der Waals surface area contributed by atoms with Crippen molar-refractivity contribution in [3.8, 4) is 0 Å². The lowest BCUT2D eigenvalue weighted by Gasteiger charge is -2.34. The highest BCUT2D eigenvalue weighted by molar-refractivity contribution is 7.86. The second-order valence-electron chi connectivity index (χ2n) is 5.50. The van der Waals surface area contributed by atoms with Crippen LogP contribution in [0.5, 0.6) is 0 Å². The molecular weight excluding hydrogens is 282 g/mol. The molecule has 0 aromatic carbocycles. The third-order valence-corrected chi connectivity index (χ3v) is 5.91. The number of hydrogen-bond acceptors (Lipinski definition) is 4. The van der Waals surface area contributed by atoms with E-state index in [0.717, 1.165) is 25.7 Å². The maximum atomic E-state index is 12.5. The molecule has 116 valence electrons. The Morgan fingerprint density at radius 3 is 2.45 bits per heavy atom. The predicted molar refractivity (Wildman–Crippen MR) is 74.5 cm³/mol. The second kappa shape index (κ2) is 6.84. The Bertz CT molecular complexity index is 434. The van der Waals surface area contributed by atoms with Gasteiger partial charge in [0.15, 0.2) is 0 Å². The summed E-state index contributed by atoms with van der Waals surface area (Å²) in [7, 11) is -3.31. The molecule has 2 saturated heterocycles. The van der Waals surface area contributed by atoms with Gasteiger partial charge in [0.25, 0.3) is 10.2 Å². The zero-order valence-corrected chi connectivity index (χ0v) is 12.4. The van der Waals surface area contributed by atoms with Crippen molar-refractivity contribution < 1.29 is 18.3 Å². The first kappa shape index (κ1) is 15.7. The van der Waals surface area contributed by atoms with Gasteiger partial charge >= 0.3 is 5.97 Å². The van der Waals surface area contributed by atoms with Crippen LogP contribution < -0.4 is 5.32 Å². The van der Waals surface area contributed by atoms with Crippen molar-refractivity contribution in [1.29, 1.82) is 0 Å². The fraction of sp³-hybridized carbons (Fsp3) is 0.917. The van der Waals surface area contributed by atoms with Crippen molar-refractivity contribution in [2.45, 2.75) is 25.7 Å². The van der Waals surface area contributed by atoms with Crippen LogP contribution >= 0.6 is 0 Å². The van der Waals surface area contributed by atoms with Crippen LogP contribution in [0.1, 0.15) is 25.7 Å². The van der Waals surface area contributed by atoms with Crippen LogP contribution in [0.15, 0.2) is 0 Å². The molecule has 20 heavy (non-hydrogen) atoms. The molecular formula is C12H23N3O4S. The van der Waals surface area contributed by atoms with Crippen LogP contribution in [-0.4, -0.2) is 67.4 Å². The lowest BCUT2D eigenvalue weighted by atomic mass is 10.00. The van der Waals surface area contributed by atoms with E-state index in [-0.39, 0.29) is 12.5 Å². The molecule has 2 aliphatic rings. The highest BCUT2D eigenvalue weighted by Gasteiger charge is 2.34. The summed E-state index contributed by atoms with van der Waals surface area (Å²) >= 11 is 0. The van der Waals surface area contributed by atoms with Crippen LogP contribution in [-0.2, 0) is 15.0 Å². The molecule has 0 bridgehead atoms. The summed E-state index contributed by atoms with van der Waals surface area (Å²) in [6.07, 6.45) is 3.67. The number of aliphatic carboxylic acids is 1.